The lowest BCUT2D eigenvalue weighted by atomic mass is 10.0. The molecule has 25 heavy (non-hydrogen) atoms. The van der Waals surface area contributed by atoms with Crippen LogP contribution in [-0.2, 0) is 4.79 Å². The number of nitrogens with one attached hydrogen (secondary N) is 1. The maximum absolute atomic E-state index is 12.5. The van der Waals surface area contributed by atoms with Crippen LogP contribution in [0.4, 0.5) is 4.79 Å². The van der Waals surface area contributed by atoms with Crippen molar-refractivity contribution in [3.05, 3.63) is 28.2 Å². The lowest BCUT2D eigenvalue weighted by molar-refractivity contribution is -0.136. The third kappa shape index (κ3) is 5.41. The number of hydrogen-bond donors (Lipinski definition) is 2. The van der Waals surface area contributed by atoms with Gasteiger partial charge < -0.3 is 20.1 Å². The monoisotopic (exact) mass is 388 g/mol. The molecule has 6 nitrogen and oxygen atoms in total. The average Bonchev–Trinajstić information content (AvgIpc) is 2.56. The molecule has 1 fully saturated rings. The molecule has 1 aromatic rings. The van der Waals surface area contributed by atoms with Crippen LogP contribution in [0.3, 0.4) is 0 Å². The molecule has 0 aliphatic carbocycles. The number of hydrogen-bond acceptors (Lipinski definition) is 3. The van der Waals surface area contributed by atoms with Crippen LogP contribution in [0.15, 0.2) is 18.2 Å². The fourth-order valence-electron chi connectivity index (χ4n) is 2.78. The van der Waals surface area contributed by atoms with Gasteiger partial charge in [0.2, 0.25) is 5.91 Å². The molecule has 1 saturated heterocycles. The summed E-state index contributed by atoms with van der Waals surface area (Å²) in [6.45, 7) is 4.68. The second-order valence-corrected chi connectivity index (χ2v) is 7.20. The van der Waals surface area contributed by atoms with Crippen LogP contribution in [0.25, 0.3) is 0 Å². The normalized spacial score (nSPS) is 16.6. The molecule has 0 saturated carbocycles. The number of likely N-dealkylation sites (tertiary alicyclic amines) is 1. The minimum absolute atomic E-state index is 0.0220. The molecule has 1 heterocycles. The van der Waals surface area contributed by atoms with E-state index in [0.717, 1.165) is 0 Å². The first kappa shape index (κ1) is 19.7. The Morgan fingerprint density at radius 2 is 1.88 bits per heavy atom. The smallest absolute Gasteiger partial charge is 0.405 e. The summed E-state index contributed by atoms with van der Waals surface area (Å²) in [5, 5.41) is 12.1. The number of carboxylic acid groups (broad SMARTS) is 1. The van der Waals surface area contributed by atoms with Crippen molar-refractivity contribution in [2.45, 2.75) is 38.8 Å². The maximum atomic E-state index is 12.5. The quantitative estimate of drug-likeness (QED) is 0.806. The van der Waals surface area contributed by atoms with Crippen molar-refractivity contribution in [3.63, 3.8) is 0 Å². The average molecular weight is 389 g/mol. The summed E-state index contributed by atoms with van der Waals surface area (Å²) < 4.78 is 5.90. The summed E-state index contributed by atoms with van der Waals surface area (Å²) >= 11 is 11.9. The highest BCUT2D eigenvalue weighted by Crippen LogP contribution is 2.28. The highest BCUT2D eigenvalue weighted by molar-refractivity contribution is 6.42. The molecule has 1 aromatic carbocycles. The number of piperidine rings is 1. The highest BCUT2D eigenvalue weighted by Gasteiger charge is 2.31. The molecule has 2 N–H and O–H groups in total. The number of ether oxygens (including phenoxy) is 1. The topological polar surface area (TPSA) is 78.9 Å². The number of halogens is 2. The van der Waals surface area contributed by atoms with Crippen molar-refractivity contribution in [2.75, 3.05) is 13.1 Å². The Morgan fingerprint density at radius 3 is 2.40 bits per heavy atom. The van der Waals surface area contributed by atoms with Crippen molar-refractivity contribution in [3.8, 4) is 5.75 Å². The van der Waals surface area contributed by atoms with E-state index < -0.39 is 12.1 Å². The largest absolute Gasteiger partial charge is 0.490 e. The number of carbonyl (C=O) groups is 2. The van der Waals surface area contributed by atoms with Crippen LogP contribution >= 0.6 is 23.2 Å². The lowest BCUT2D eigenvalue weighted by Gasteiger charge is -2.35. The molecule has 0 aromatic heterocycles. The Bertz CT molecular complexity index is 631. The molecule has 0 spiro atoms. The second kappa shape index (κ2) is 8.63. The summed E-state index contributed by atoms with van der Waals surface area (Å²) in [6.07, 6.45) is 0.129. The third-order valence-electron chi connectivity index (χ3n) is 4.16. The Balaban J connectivity index is 1.90. The van der Waals surface area contributed by atoms with E-state index in [0.29, 0.717) is 41.7 Å². The van der Waals surface area contributed by atoms with Crippen LogP contribution in [0.5, 0.6) is 5.75 Å². The standard InChI is InChI=1S/C17H22Cl2N2O4/c1-10(2)15(20-17(23)24)16(22)21-7-5-11(6-8-21)25-12-3-4-13(18)14(19)9-12/h3-4,9-11,15,20H,5-8H2,1-2H3,(H,23,24)/t15-/m0/s1. The van der Waals surface area contributed by atoms with Crippen molar-refractivity contribution >= 4 is 35.2 Å². The van der Waals surface area contributed by atoms with Gasteiger partial charge in [0.25, 0.3) is 0 Å². The summed E-state index contributed by atoms with van der Waals surface area (Å²) in [4.78, 5) is 25.1. The zero-order valence-corrected chi connectivity index (χ0v) is 15.7. The minimum atomic E-state index is -1.19. The molecule has 8 heteroatoms. The van der Waals surface area contributed by atoms with Crippen molar-refractivity contribution < 1.29 is 19.4 Å². The second-order valence-electron chi connectivity index (χ2n) is 6.39. The van der Waals surface area contributed by atoms with Crippen LogP contribution in [0.1, 0.15) is 26.7 Å². The third-order valence-corrected chi connectivity index (χ3v) is 4.90. The van der Waals surface area contributed by atoms with Gasteiger partial charge in [-0.2, -0.15) is 0 Å². The van der Waals surface area contributed by atoms with E-state index in [4.69, 9.17) is 33.0 Å². The molecule has 1 aliphatic rings. The van der Waals surface area contributed by atoms with Crippen molar-refractivity contribution in [2.24, 2.45) is 5.92 Å². The molecular formula is C17H22Cl2N2O4. The molecule has 1 atom stereocenters. The van der Waals surface area contributed by atoms with E-state index in [1.54, 1.807) is 23.1 Å². The molecule has 0 bridgehead atoms. The molecule has 138 valence electrons. The van der Waals surface area contributed by atoms with Gasteiger partial charge in [0.1, 0.15) is 17.9 Å². The SMILES string of the molecule is CC(C)[C@H](NC(=O)O)C(=O)N1CCC(Oc2ccc(Cl)c(Cl)c2)CC1. The van der Waals surface area contributed by atoms with Gasteiger partial charge in [-0.3, -0.25) is 4.79 Å². The van der Waals surface area contributed by atoms with E-state index in [9.17, 15) is 9.59 Å². The minimum Gasteiger partial charge on any atom is -0.490 e. The molecular weight excluding hydrogens is 367 g/mol. The van der Waals surface area contributed by atoms with Gasteiger partial charge in [-0.25, -0.2) is 4.79 Å². The Kier molecular flexibility index (Phi) is 6.79. The van der Waals surface area contributed by atoms with Crippen LogP contribution in [0.2, 0.25) is 10.0 Å². The first-order chi connectivity index (χ1) is 11.8. The van der Waals surface area contributed by atoms with Crippen LogP contribution in [0, 0.1) is 5.92 Å². The van der Waals surface area contributed by atoms with E-state index in [1.165, 1.54) is 0 Å². The predicted octanol–water partition coefficient (Wildman–Crippen LogP) is 3.66. The zero-order chi connectivity index (χ0) is 18.6. The van der Waals surface area contributed by atoms with E-state index in [-0.39, 0.29) is 17.9 Å². The summed E-state index contributed by atoms with van der Waals surface area (Å²) in [7, 11) is 0. The van der Waals surface area contributed by atoms with Crippen LogP contribution in [-0.4, -0.2) is 47.2 Å². The number of rotatable bonds is 5. The molecule has 0 radical (unpaired) electrons. The van der Waals surface area contributed by atoms with E-state index in [1.807, 2.05) is 13.8 Å². The first-order valence-corrected chi connectivity index (χ1v) is 8.93. The summed E-state index contributed by atoms with van der Waals surface area (Å²) in [5.41, 5.74) is 0. The van der Waals surface area contributed by atoms with Gasteiger partial charge in [-0.05, 0) is 18.1 Å². The van der Waals surface area contributed by atoms with Crippen molar-refractivity contribution in [1.29, 1.82) is 0 Å². The molecule has 0 unspecified atom stereocenters. The Morgan fingerprint density at radius 1 is 1.24 bits per heavy atom. The number of nitrogens with zero attached hydrogens (tertiary/aromatic N) is 1. The molecule has 2 rings (SSSR count). The van der Waals surface area contributed by atoms with Gasteiger partial charge in [0.05, 0.1) is 10.0 Å². The number of amides is 2. The Labute approximate surface area is 157 Å². The maximum Gasteiger partial charge on any atom is 0.405 e. The zero-order valence-electron chi connectivity index (χ0n) is 14.2. The number of carbonyl (C=O) groups excluding carboxylic acids is 1. The van der Waals surface area contributed by atoms with Gasteiger partial charge in [0.15, 0.2) is 0 Å². The Hall–Kier alpha value is -1.66. The first-order valence-electron chi connectivity index (χ1n) is 8.18. The van der Waals surface area contributed by atoms with Crippen LogP contribution < -0.4 is 10.1 Å². The summed E-state index contributed by atoms with van der Waals surface area (Å²) in [6, 6.07) is 4.39. The predicted molar refractivity (Wildman–Crippen MR) is 96.5 cm³/mol. The van der Waals surface area contributed by atoms with Gasteiger partial charge in [-0.15, -0.1) is 0 Å². The lowest BCUT2D eigenvalue weighted by Crippen LogP contribution is -2.53. The number of benzene rings is 1. The summed E-state index contributed by atoms with van der Waals surface area (Å²) in [5.74, 6) is 0.339. The van der Waals surface area contributed by atoms with Gasteiger partial charge >= 0.3 is 6.09 Å². The highest BCUT2D eigenvalue weighted by atomic mass is 35.5. The molecule has 2 amide bonds. The van der Waals surface area contributed by atoms with Gasteiger partial charge in [0, 0.05) is 32.0 Å². The fraction of sp³-hybridized carbons (Fsp3) is 0.529. The van der Waals surface area contributed by atoms with Gasteiger partial charge in [-0.1, -0.05) is 37.0 Å². The fourth-order valence-corrected chi connectivity index (χ4v) is 3.07. The van der Waals surface area contributed by atoms with E-state index >= 15 is 0 Å². The van der Waals surface area contributed by atoms with E-state index in [2.05, 4.69) is 5.32 Å². The van der Waals surface area contributed by atoms with Crippen molar-refractivity contribution in [1.82, 2.24) is 10.2 Å². The molecule has 1 aliphatic heterocycles.